The maximum atomic E-state index is 10.2. The first-order chi connectivity index (χ1) is 14.4. The molecule has 0 heterocycles. The van der Waals surface area contributed by atoms with E-state index in [1.54, 1.807) is 5.57 Å². The molecule has 0 unspecified atom stereocenters. The van der Waals surface area contributed by atoms with E-state index in [0.717, 1.165) is 29.9 Å². The Bertz CT molecular complexity index is 725. The van der Waals surface area contributed by atoms with Gasteiger partial charge in [0.2, 0.25) is 0 Å². The highest BCUT2D eigenvalue weighted by Gasteiger charge is 2.50. The molecule has 0 saturated heterocycles. The molecule has 3 heteroatoms. The van der Waals surface area contributed by atoms with Crippen molar-refractivity contribution in [3.63, 3.8) is 0 Å². The highest BCUT2D eigenvalue weighted by atomic mass is 16.3. The molecule has 0 aromatic carbocycles. The van der Waals surface area contributed by atoms with Crippen molar-refractivity contribution in [2.45, 2.75) is 117 Å². The number of hydrogen-bond acceptors (Lipinski definition) is 3. The fourth-order valence-corrected chi connectivity index (χ4v) is 7.08. The van der Waals surface area contributed by atoms with Crippen LogP contribution in [0.15, 0.2) is 34.9 Å². The van der Waals surface area contributed by atoms with Gasteiger partial charge in [-0.1, -0.05) is 50.5 Å². The van der Waals surface area contributed by atoms with Crippen LogP contribution in [0.25, 0.3) is 0 Å². The summed E-state index contributed by atoms with van der Waals surface area (Å²) in [6, 6.07) is 0. The van der Waals surface area contributed by atoms with Crippen molar-refractivity contribution >= 4 is 0 Å². The van der Waals surface area contributed by atoms with Crippen LogP contribution in [0.4, 0.5) is 0 Å². The van der Waals surface area contributed by atoms with Gasteiger partial charge in [-0.05, 0) is 100 Å². The minimum Gasteiger partial charge on any atom is -0.393 e. The zero-order valence-corrected chi connectivity index (χ0v) is 20.6. The minimum absolute atomic E-state index is 0.365. The molecule has 3 rings (SSSR count). The number of allylic oxidation sites excluding steroid dienone is 3. The fourth-order valence-electron chi connectivity index (χ4n) is 7.08. The van der Waals surface area contributed by atoms with Gasteiger partial charge in [0.25, 0.3) is 0 Å². The summed E-state index contributed by atoms with van der Waals surface area (Å²) in [7, 11) is 0. The monoisotopic (exact) mass is 430 g/mol. The first-order valence-electron chi connectivity index (χ1n) is 12.6. The molecular formula is C28H46O3. The number of fused-ring (bicyclic) bond motifs is 1. The third kappa shape index (κ3) is 5.54. The van der Waals surface area contributed by atoms with Gasteiger partial charge in [0.05, 0.1) is 17.8 Å². The lowest BCUT2D eigenvalue weighted by molar-refractivity contribution is 0.0595. The number of rotatable bonds is 6. The Kier molecular flexibility index (Phi) is 7.61. The van der Waals surface area contributed by atoms with E-state index < -0.39 is 17.8 Å². The summed E-state index contributed by atoms with van der Waals surface area (Å²) >= 11 is 0. The van der Waals surface area contributed by atoms with Gasteiger partial charge >= 0.3 is 0 Å². The minimum atomic E-state index is -0.620. The average molecular weight is 431 g/mol. The third-order valence-electron chi connectivity index (χ3n) is 8.79. The van der Waals surface area contributed by atoms with E-state index in [-0.39, 0.29) is 0 Å². The summed E-state index contributed by atoms with van der Waals surface area (Å²) < 4.78 is 0. The maximum absolute atomic E-state index is 10.2. The molecular weight excluding hydrogens is 384 g/mol. The van der Waals surface area contributed by atoms with E-state index in [2.05, 4.69) is 33.4 Å². The first kappa shape index (κ1) is 24.7. The molecule has 3 saturated carbocycles. The van der Waals surface area contributed by atoms with Crippen LogP contribution >= 0.6 is 0 Å². The van der Waals surface area contributed by atoms with Crippen LogP contribution in [0.3, 0.4) is 0 Å². The number of hydrogen-bond donors (Lipinski definition) is 3. The quantitative estimate of drug-likeness (QED) is 0.477. The highest BCUT2D eigenvalue weighted by Crippen LogP contribution is 2.60. The van der Waals surface area contributed by atoms with Gasteiger partial charge in [0, 0.05) is 6.42 Å². The SMILES string of the molecule is C=C1C(=CC(C)=C2CCC[C@]3(C)[C@@H]([C@H](C)CCCC(C)(C)O)CC[C@@H]23)C[C@@H](O)C[C@@H]1O. The van der Waals surface area contributed by atoms with Gasteiger partial charge < -0.3 is 15.3 Å². The van der Waals surface area contributed by atoms with Crippen molar-refractivity contribution < 1.29 is 15.3 Å². The van der Waals surface area contributed by atoms with E-state index in [9.17, 15) is 15.3 Å². The predicted molar refractivity (Wildman–Crippen MR) is 129 cm³/mol. The standard InChI is InChI=1S/C28H46O3/c1-18(9-7-13-27(4,5)31)24-11-12-25-23(10-8-14-28(24,25)6)19(2)15-21-16-22(29)17-26(30)20(21)3/h15,18,22,24-26,29-31H,3,7-14,16-17H2,1-2,4-6H3/t18-,22-,24-,25+,26+,28-/m1/s1. The fraction of sp³-hybridized carbons (Fsp3) is 0.786. The number of aliphatic hydroxyl groups is 3. The summed E-state index contributed by atoms with van der Waals surface area (Å²) in [6.07, 6.45) is 11.6. The van der Waals surface area contributed by atoms with Gasteiger partial charge in [-0.3, -0.25) is 0 Å². The molecule has 31 heavy (non-hydrogen) atoms. The Morgan fingerprint density at radius 2 is 2.00 bits per heavy atom. The Morgan fingerprint density at radius 1 is 1.29 bits per heavy atom. The zero-order chi connectivity index (χ0) is 23.0. The number of aliphatic hydroxyl groups excluding tert-OH is 2. The molecule has 6 atom stereocenters. The van der Waals surface area contributed by atoms with Gasteiger partial charge in [-0.15, -0.1) is 0 Å². The van der Waals surface area contributed by atoms with Crippen LogP contribution in [0.1, 0.15) is 98.8 Å². The lowest BCUT2D eigenvalue weighted by atomic mass is 9.60. The molecule has 0 radical (unpaired) electrons. The molecule has 0 aromatic rings. The molecule has 176 valence electrons. The summed E-state index contributed by atoms with van der Waals surface area (Å²) in [5.41, 5.74) is 4.56. The molecule has 3 fully saturated rings. The van der Waals surface area contributed by atoms with Crippen LogP contribution in [0.2, 0.25) is 0 Å². The molecule has 0 aromatic heterocycles. The topological polar surface area (TPSA) is 60.7 Å². The van der Waals surface area contributed by atoms with Crippen molar-refractivity contribution in [3.05, 3.63) is 34.9 Å². The van der Waals surface area contributed by atoms with E-state index in [1.807, 2.05) is 13.8 Å². The lowest BCUT2D eigenvalue weighted by Gasteiger charge is -2.45. The predicted octanol–water partition coefficient (Wildman–Crippen LogP) is 6.09. The van der Waals surface area contributed by atoms with Gasteiger partial charge in [-0.2, -0.15) is 0 Å². The van der Waals surface area contributed by atoms with Crippen LogP contribution < -0.4 is 0 Å². The third-order valence-corrected chi connectivity index (χ3v) is 8.79. The van der Waals surface area contributed by atoms with Gasteiger partial charge in [0.1, 0.15) is 0 Å². The van der Waals surface area contributed by atoms with Crippen molar-refractivity contribution in [3.8, 4) is 0 Å². The Hall–Kier alpha value is -0.900. The van der Waals surface area contributed by atoms with E-state index in [0.29, 0.717) is 30.1 Å². The molecule has 3 aliphatic carbocycles. The smallest absolute Gasteiger partial charge is 0.0811 e. The summed E-state index contributed by atoms with van der Waals surface area (Å²) in [6.45, 7) is 15.1. The van der Waals surface area contributed by atoms with Crippen LogP contribution in [-0.2, 0) is 0 Å². The largest absolute Gasteiger partial charge is 0.393 e. The van der Waals surface area contributed by atoms with Crippen LogP contribution in [0, 0.1) is 23.2 Å². The van der Waals surface area contributed by atoms with E-state index in [1.165, 1.54) is 44.1 Å². The van der Waals surface area contributed by atoms with Crippen molar-refractivity contribution in [1.29, 1.82) is 0 Å². The molecule has 3 nitrogen and oxygen atoms in total. The Morgan fingerprint density at radius 3 is 2.68 bits per heavy atom. The molecule has 3 aliphatic rings. The normalized spacial score (nSPS) is 38.3. The van der Waals surface area contributed by atoms with Crippen molar-refractivity contribution in [2.24, 2.45) is 23.2 Å². The lowest BCUT2D eigenvalue weighted by Crippen LogP contribution is -2.36. The highest BCUT2D eigenvalue weighted by molar-refractivity contribution is 5.42. The van der Waals surface area contributed by atoms with Gasteiger partial charge in [0.15, 0.2) is 0 Å². The van der Waals surface area contributed by atoms with Crippen molar-refractivity contribution in [1.82, 2.24) is 0 Å². The van der Waals surface area contributed by atoms with Crippen LogP contribution in [-0.4, -0.2) is 33.1 Å². The summed E-state index contributed by atoms with van der Waals surface area (Å²) in [4.78, 5) is 0. The average Bonchev–Trinajstić information content (AvgIpc) is 3.01. The van der Waals surface area contributed by atoms with E-state index >= 15 is 0 Å². The first-order valence-corrected chi connectivity index (χ1v) is 12.6. The summed E-state index contributed by atoms with van der Waals surface area (Å²) in [5.74, 6) is 2.09. The molecule has 0 bridgehead atoms. The second-order valence-corrected chi connectivity index (χ2v) is 11.8. The van der Waals surface area contributed by atoms with Crippen LogP contribution in [0.5, 0.6) is 0 Å². The molecule has 0 spiro atoms. The van der Waals surface area contributed by atoms with Crippen molar-refractivity contribution in [2.75, 3.05) is 0 Å². The molecule has 0 amide bonds. The Labute approximate surface area is 190 Å². The molecule has 0 aliphatic heterocycles. The second kappa shape index (κ2) is 9.53. The summed E-state index contributed by atoms with van der Waals surface area (Å²) in [5, 5.41) is 30.4. The maximum Gasteiger partial charge on any atom is 0.0811 e. The molecule has 3 N–H and O–H groups in total. The second-order valence-electron chi connectivity index (χ2n) is 11.8. The van der Waals surface area contributed by atoms with E-state index in [4.69, 9.17) is 0 Å². The van der Waals surface area contributed by atoms with Gasteiger partial charge in [-0.25, -0.2) is 0 Å². The zero-order valence-electron chi connectivity index (χ0n) is 20.6. The Balaban J connectivity index is 1.77.